The van der Waals surface area contributed by atoms with E-state index in [0.717, 1.165) is 25.1 Å². The van der Waals surface area contributed by atoms with Crippen LogP contribution in [-0.2, 0) is 9.47 Å². The maximum Gasteiger partial charge on any atom is 0.126 e. The zero-order chi connectivity index (χ0) is 14.5. The number of nitrogens with one attached hydrogen (secondary N) is 1. The van der Waals surface area contributed by atoms with E-state index in [0.29, 0.717) is 12.5 Å². The van der Waals surface area contributed by atoms with Crippen molar-refractivity contribution < 1.29 is 9.47 Å². The Labute approximate surface area is 122 Å². The summed E-state index contributed by atoms with van der Waals surface area (Å²) >= 11 is 0. The van der Waals surface area contributed by atoms with E-state index in [4.69, 9.17) is 9.47 Å². The van der Waals surface area contributed by atoms with Crippen LogP contribution in [0.5, 0.6) is 0 Å². The maximum atomic E-state index is 6.03. The molecule has 3 heteroatoms. The highest BCUT2D eigenvalue weighted by molar-refractivity contribution is 5.55. The first-order valence-electron chi connectivity index (χ1n) is 7.27. The van der Waals surface area contributed by atoms with Gasteiger partial charge in [0.2, 0.25) is 0 Å². The third-order valence-corrected chi connectivity index (χ3v) is 3.82. The van der Waals surface area contributed by atoms with Gasteiger partial charge >= 0.3 is 0 Å². The molecule has 0 heterocycles. The molecule has 2 aliphatic carbocycles. The second-order valence-electron chi connectivity index (χ2n) is 5.48. The van der Waals surface area contributed by atoms with Crippen molar-refractivity contribution in [2.45, 2.75) is 25.9 Å². The first-order chi connectivity index (χ1) is 9.65. The Morgan fingerprint density at radius 2 is 2.25 bits per heavy atom. The lowest BCUT2D eigenvalue weighted by atomic mass is 10.0. The maximum absolute atomic E-state index is 6.03. The number of ether oxygens (including phenoxy) is 2. The van der Waals surface area contributed by atoms with Gasteiger partial charge in [0.1, 0.15) is 18.5 Å². The Morgan fingerprint density at radius 3 is 2.95 bits per heavy atom. The van der Waals surface area contributed by atoms with Crippen LogP contribution in [-0.4, -0.2) is 33.4 Å². The molecule has 0 saturated heterocycles. The molecule has 0 aromatic heterocycles. The van der Waals surface area contributed by atoms with Gasteiger partial charge in [-0.2, -0.15) is 0 Å². The SMILES string of the molecule is C=C1CCC2=CC(C)C=CC(OCC(CNC)OC)=C12. The highest BCUT2D eigenvalue weighted by atomic mass is 16.5. The van der Waals surface area contributed by atoms with E-state index in [-0.39, 0.29) is 6.10 Å². The summed E-state index contributed by atoms with van der Waals surface area (Å²) in [5.74, 6) is 1.39. The summed E-state index contributed by atoms with van der Waals surface area (Å²) in [6.07, 6.45) is 8.77. The molecule has 110 valence electrons. The lowest BCUT2D eigenvalue weighted by molar-refractivity contribution is 0.0374. The van der Waals surface area contributed by atoms with Crippen LogP contribution in [0.4, 0.5) is 0 Å². The molecular formula is C17H25NO2. The molecule has 20 heavy (non-hydrogen) atoms. The van der Waals surface area contributed by atoms with Gasteiger partial charge in [-0.25, -0.2) is 0 Å². The fourth-order valence-electron chi connectivity index (χ4n) is 2.70. The van der Waals surface area contributed by atoms with Gasteiger partial charge < -0.3 is 14.8 Å². The minimum atomic E-state index is 0.0595. The third kappa shape index (κ3) is 3.41. The van der Waals surface area contributed by atoms with Gasteiger partial charge in [0, 0.05) is 19.2 Å². The second-order valence-corrected chi connectivity index (χ2v) is 5.48. The van der Waals surface area contributed by atoms with E-state index in [1.807, 2.05) is 7.05 Å². The molecule has 0 bridgehead atoms. The number of likely N-dealkylation sites (N-methyl/N-ethyl adjacent to an activating group) is 1. The average Bonchev–Trinajstić information content (AvgIpc) is 2.70. The van der Waals surface area contributed by atoms with Crippen molar-refractivity contribution in [1.82, 2.24) is 5.32 Å². The van der Waals surface area contributed by atoms with Crippen LogP contribution in [0.3, 0.4) is 0 Å². The highest BCUT2D eigenvalue weighted by Crippen LogP contribution is 2.39. The molecule has 2 aliphatic rings. The summed E-state index contributed by atoms with van der Waals surface area (Å²) in [6.45, 7) is 7.71. The molecule has 1 saturated carbocycles. The van der Waals surface area contributed by atoms with Crippen molar-refractivity contribution in [1.29, 1.82) is 0 Å². The van der Waals surface area contributed by atoms with E-state index < -0.39 is 0 Å². The quantitative estimate of drug-likeness (QED) is 0.808. The minimum Gasteiger partial charge on any atom is -0.490 e. The summed E-state index contributed by atoms with van der Waals surface area (Å²) in [4.78, 5) is 0. The monoisotopic (exact) mass is 275 g/mol. The van der Waals surface area contributed by atoms with Crippen LogP contribution in [0.2, 0.25) is 0 Å². The number of methoxy groups -OCH3 is 1. The van der Waals surface area contributed by atoms with Crippen molar-refractivity contribution in [2.24, 2.45) is 5.92 Å². The van der Waals surface area contributed by atoms with Crippen molar-refractivity contribution in [3.8, 4) is 0 Å². The zero-order valence-electron chi connectivity index (χ0n) is 12.7. The third-order valence-electron chi connectivity index (χ3n) is 3.82. The van der Waals surface area contributed by atoms with Crippen LogP contribution in [0, 0.1) is 5.92 Å². The van der Waals surface area contributed by atoms with Crippen LogP contribution < -0.4 is 5.32 Å². The minimum absolute atomic E-state index is 0.0595. The van der Waals surface area contributed by atoms with E-state index in [1.54, 1.807) is 7.11 Å². The van der Waals surface area contributed by atoms with E-state index >= 15 is 0 Å². The predicted octanol–water partition coefficient (Wildman–Crippen LogP) is 2.97. The fraction of sp³-hybridized carbons (Fsp3) is 0.529. The summed E-state index contributed by atoms with van der Waals surface area (Å²) in [5.41, 5.74) is 3.78. The molecule has 1 N–H and O–H groups in total. The number of fused-ring (bicyclic) bond motifs is 1. The number of rotatable bonds is 6. The van der Waals surface area contributed by atoms with Crippen LogP contribution in [0.1, 0.15) is 19.8 Å². The van der Waals surface area contributed by atoms with Gasteiger partial charge in [0.25, 0.3) is 0 Å². The largest absolute Gasteiger partial charge is 0.490 e. The van der Waals surface area contributed by atoms with E-state index in [2.05, 4.69) is 37.0 Å². The Balaban J connectivity index is 2.15. The topological polar surface area (TPSA) is 30.5 Å². The molecule has 0 amide bonds. The Bertz CT molecular complexity index is 460. The zero-order valence-corrected chi connectivity index (χ0v) is 12.7. The lowest BCUT2D eigenvalue weighted by Gasteiger charge is -2.18. The molecule has 2 rings (SSSR count). The Hall–Kier alpha value is -1.32. The number of hydrogen-bond acceptors (Lipinski definition) is 3. The molecule has 2 atom stereocenters. The van der Waals surface area contributed by atoms with Crippen LogP contribution in [0.15, 0.2) is 47.3 Å². The molecule has 0 radical (unpaired) electrons. The Morgan fingerprint density at radius 1 is 1.45 bits per heavy atom. The molecule has 0 aliphatic heterocycles. The number of hydrogen-bond donors (Lipinski definition) is 1. The van der Waals surface area contributed by atoms with Gasteiger partial charge in [-0.3, -0.25) is 0 Å². The molecule has 3 nitrogen and oxygen atoms in total. The smallest absolute Gasteiger partial charge is 0.126 e. The molecule has 0 aromatic carbocycles. The summed E-state index contributed by atoms with van der Waals surface area (Å²) in [5, 5.41) is 3.11. The van der Waals surface area contributed by atoms with Crippen molar-refractivity contribution in [2.75, 3.05) is 27.3 Å². The summed E-state index contributed by atoms with van der Waals surface area (Å²) in [7, 11) is 3.63. The van der Waals surface area contributed by atoms with Gasteiger partial charge in [0.15, 0.2) is 0 Å². The molecule has 2 unspecified atom stereocenters. The first-order valence-corrected chi connectivity index (χ1v) is 7.27. The fourth-order valence-corrected chi connectivity index (χ4v) is 2.70. The van der Waals surface area contributed by atoms with Crippen LogP contribution in [0.25, 0.3) is 0 Å². The Kier molecular flexibility index (Phi) is 5.21. The number of allylic oxidation sites excluding steroid dienone is 6. The van der Waals surface area contributed by atoms with Gasteiger partial charge in [0.05, 0.1) is 0 Å². The average molecular weight is 275 g/mol. The van der Waals surface area contributed by atoms with Crippen molar-refractivity contribution in [3.05, 3.63) is 47.3 Å². The predicted molar refractivity (Wildman–Crippen MR) is 82.5 cm³/mol. The second kappa shape index (κ2) is 6.91. The van der Waals surface area contributed by atoms with Crippen LogP contribution >= 0.6 is 0 Å². The standard InChI is InChI=1S/C17H25NO2/c1-12-5-8-16(20-11-15(19-4)10-18-3)17-13(2)6-7-14(17)9-12/h5,8-9,12,15,18H,2,6-7,10-11H2,1,3-4H3. The normalized spacial score (nSPS) is 23.4. The van der Waals surface area contributed by atoms with Gasteiger partial charge in [-0.05, 0) is 43.0 Å². The van der Waals surface area contributed by atoms with Crippen molar-refractivity contribution >= 4 is 0 Å². The van der Waals surface area contributed by atoms with Gasteiger partial charge in [-0.1, -0.05) is 25.7 Å². The van der Waals surface area contributed by atoms with Crippen molar-refractivity contribution in [3.63, 3.8) is 0 Å². The highest BCUT2D eigenvalue weighted by Gasteiger charge is 2.24. The molecule has 0 spiro atoms. The first kappa shape index (κ1) is 15.1. The van der Waals surface area contributed by atoms with Gasteiger partial charge in [-0.15, -0.1) is 0 Å². The summed E-state index contributed by atoms with van der Waals surface area (Å²) in [6, 6.07) is 0. The molecular weight excluding hydrogens is 250 g/mol. The lowest BCUT2D eigenvalue weighted by Crippen LogP contribution is -2.29. The van der Waals surface area contributed by atoms with E-state index in [1.165, 1.54) is 16.7 Å². The summed E-state index contributed by atoms with van der Waals surface area (Å²) < 4.78 is 11.4. The van der Waals surface area contributed by atoms with E-state index in [9.17, 15) is 0 Å². The molecule has 1 fully saturated rings. The molecule has 0 aromatic rings.